The van der Waals surface area contributed by atoms with Gasteiger partial charge in [0.25, 0.3) is 0 Å². The molecule has 1 unspecified atom stereocenters. The first-order valence-corrected chi connectivity index (χ1v) is 14.7. The highest BCUT2D eigenvalue weighted by atomic mass is 32.2. The van der Waals surface area contributed by atoms with Crippen molar-refractivity contribution in [3.05, 3.63) is 75.9 Å². The van der Waals surface area contributed by atoms with Gasteiger partial charge in [-0.1, -0.05) is 48.5 Å². The Morgan fingerprint density at radius 1 is 1.18 bits per heavy atom. The quantitative estimate of drug-likeness (QED) is 0.291. The van der Waals surface area contributed by atoms with E-state index in [0.29, 0.717) is 5.75 Å². The Morgan fingerprint density at radius 2 is 1.95 bits per heavy atom. The maximum atomic E-state index is 12.0. The first kappa shape index (κ1) is 27.0. The number of carbonyl (C=O) groups excluding carboxylic acids is 1. The van der Waals surface area contributed by atoms with E-state index >= 15 is 0 Å². The normalized spacial score (nSPS) is 14.0. The van der Waals surface area contributed by atoms with E-state index in [1.54, 1.807) is 32.1 Å². The minimum Gasteiger partial charge on any atom is -0.480 e. The first-order chi connectivity index (χ1) is 18.7. The van der Waals surface area contributed by atoms with Gasteiger partial charge in [-0.05, 0) is 50.8 Å². The highest BCUT2D eigenvalue weighted by molar-refractivity contribution is 7.98. The van der Waals surface area contributed by atoms with Gasteiger partial charge in [0, 0.05) is 33.9 Å². The fraction of sp³-hybridized carbons (Fsp3) is 0.300. The molecule has 2 aromatic heterocycles. The Morgan fingerprint density at radius 3 is 2.69 bits per heavy atom. The van der Waals surface area contributed by atoms with Crippen molar-refractivity contribution in [2.24, 2.45) is 0 Å². The summed E-state index contributed by atoms with van der Waals surface area (Å²) >= 11 is 3.11. The van der Waals surface area contributed by atoms with E-state index in [4.69, 9.17) is 14.1 Å². The average molecular weight is 563 g/mol. The van der Waals surface area contributed by atoms with E-state index in [1.165, 1.54) is 11.8 Å². The molecule has 0 aliphatic heterocycles. The smallest absolute Gasteiger partial charge is 0.408 e. The molecule has 1 amide bonds. The van der Waals surface area contributed by atoms with Gasteiger partial charge in [-0.15, -0.1) is 11.3 Å². The van der Waals surface area contributed by atoms with Crippen LogP contribution in [0.5, 0.6) is 0 Å². The molecule has 9 heteroatoms. The van der Waals surface area contributed by atoms with Crippen LogP contribution in [-0.4, -0.2) is 39.5 Å². The van der Waals surface area contributed by atoms with Gasteiger partial charge in [-0.25, -0.2) is 14.6 Å². The Balaban J connectivity index is 1.24. The van der Waals surface area contributed by atoms with Gasteiger partial charge in [-0.3, -0.25) is 0 Å². The molecule has 7 nitrogen and oxygen atoms in total. The summed E-state index contributed by atoms with van der Waals surface area (Å²) in [5, 5.41) is 15.2. The molecular formula is C30H30N2O5S2. The number of thioether (sulfide) groups is 1. The number of carboxylic acids is 1. The number of benzene rings is 2. The number of thiazole rings is 1. The monoisotopic (exact) mass is 562 g/mol. The molecule has 1 aliphatic carbocycles. The fourth-order valence-electron chi connectivity index (χ4n) is 4.40. The van der Waals surface area contributed by atoms with Crippen molar-refractivity contribution >= 4 is 57.8 Å². The van der Waals surface area contributed by atoms with Gasteiger partial charge in [0.15, 0.2) is 0 Å². The molecule has 4 aromatic rings. The second-order valence-corrected chi connectivity index (χ2v) is 12.4. The van der Waals surface area contributed by atoms with Crippen LogP contribution in [0.2, 0.25) is 0 Å². The number of rotatable bonds is 8. The molecular weight excluding hydrogens is 532 g/mol. The molecule has 2 heterocycles. The number of hydrogen-bond acceptors (Lipinski definition) is 7. The second-order valence-electron chi connectivity index (χ2n) is 10.3. The van der Waals surface area contributed by atoms with E-state index in [1.807, 2.05) is 36.5 Å². The number of para-hydroxylation sites is 1. The third-order valence-corrected chi connectivity index (χ3v) is 8.41. The number of hydrogen-bond donors (Lipinski definition) is 2. The Kier molecular flexibility index (Phi) is 7.81. The molecule has 0 bridgehead atoms. The molecule has 5 rings (SSSR count). The lowest BCUT2D eigenvalue weighted by atomic mass is 10.0. The van der Waals surface area contributed by atoms with Crippen LogP contribution in [0.3, 0.4) is 0 Å². The number of aliphatic carboxylic acids is 1. The number of alkyl carbamates (subject to hydrolysis) is 1. The zero-order valence-corrected chi connectivity index (χ0v) is 23.7. The van der Waals surface area contributed by atoms with Crippen molar-refractivity contribution in [1.82, 2.24) is 10.3 Å². The highest BCUT2D eigenvalue weighted by Gasteiger charge is 2.24. The van der Waals surface area contributed by atoms with E-state index in [2.05, 4.69) is 29.6 Å². The molecule has 39 heavy (non-hydrogen) atoms. The van der Waals surface area contributed by atoms with Crippen molar-refractivity contribution in [2.45, 2.75) is 51.0 Å². The number of carboxylic acid groups (broad SMARTS) is 1. The third kappa shape index (κ3) is 6.37. The van der Waals surface area contributed by atoms with E-state index in [-0.39, 0.29) is 5.75 Å². The maximum Gasteiger partial charge on any atom is 0.408 e. The van der Waals surface area contributed by atoms with Crippen LogP contribution in [0, 0.1) is 0 Å². The maximum absolute atomic E-state index is 12.0. The van der Waals surface area contributed by atoms with Crippen LogP contribution < -0.4 is 16.0 Å². The van der Waals surface area contributed by atoms with Crippen molar-refractivity contribution in [3.63, 3.8) is 0 Å². The number of aromatic nitrogens is 1. The van der Waals surface area contributed by atoms with Crippen LogP contribution in [0.15, 0.2) is 59.1 Å². The topological polar surface area (TPSA) is 102 Å². The summed E-state index contributed by atoms with van der Waals surface area (Å²) in [6, 6.07) is 15.3. The van der Waals surface area contributed by atoms with Crippen LogP contribution >= 0.6 is 23.1 Å². The summed E-state index contributed by atoms with van der Waals surface area (Å²) in [5.41, 5.74) is 4.44. The third-order valence-electron chi connectivity index (χ3n) is 6.20. The Labute approximate surface area is 234 Å². The molecule has 1 atom stereocenters. The number of ether oxygens (including phenoxy) is 1. The molecule has 0 radical (unpaired) electrons. The van der Waals surface area contributed by atoms with Gasteiger partial charge >= 0.3 is 12.1 Å². The molecule has 0 spiro atoms. The summed E-state index contributed by atoms with van der Waals surface area (Å²) in [4.78, 5) is 29.4. The van der Waals surface area contributed by atoms with Crippen molar-refractivity contribution in [2.75, 3.05) is 5.75 Å². The minimum absolute atomic E-state index is 0.231. The Hall–Kier alpha value is -3.56. The van der Waals surface area contributed by atoms with Gasteiger partial charge in [0.05, 0.1) is 4.88 Å². The molecule has 2 aromatic carbocycles. The average Bonchev–Trinajstić information content (AvgIpc) is 3.52. The predicted molar refractivity (Wildman–Crippen MR) is 156 cm³/mol. The van der Waals surface area contributed by atoms with Crippen LogP contribution in [0.1, 0.15) is 44.2 Å². The first-order valence-electron chi connectivity index (χ1n) is 12.7. The van der Waals surface area contributed by atoms with Crippen molar-refractivity contribution in [1.29, 1.82) is 0 Å². The standard InChI is InChI=1S/C30H30N2O5S2/c1-30(2,3)37-29(35)32-23(28(33)34)17-38-16-18-11-13-19(14-12-18)25-15-31-27(39-25)22-9-6-8-21-20-7-4-5-10-24(20)36-26(21)22/h4-5,7-8,10-15,23H,6,9,16-17H2,1-3H3,(H,32,35)(H,33,34). The largest absolute Gasteiger partial charge is 0.480 e. The van der Waals surface area contributed by atoms with E-state index in [9.17, 15) is 14.7 Å². The lowest BCUT2D eigenvalue weighted by Crippen LogP contribution is -2.44. The van der Waals surface area contributed by atoms with Crippen LogP contribution in [-0.2, 0) is 15.3 Å². The highest BCUT2D eigenvalue weighted by Crippen LogP contribution is 2.31. The van der Waals surface area contributed by atoms with Crippen LogP contribution in [0.4, 0.5) is 4.79 Å². The SMILES string of the molecule is CC(C)(C)OC(=O)NC(CSCc1ccc(-c2cnc(C3=c4oc5ccccc5c4=CCC3)s2)cc1)C(=O)O. The summed E-state index contributed by atoms with van der Waals surface area (Å²) in [5.74, 6) is -0.237. The molecule has 1 aliphatic rings. The zero-order valence-electron chi connectivity index (χ0n) is 22.0. The summed E-state index contributed by atoms with van der Waals surface area (Å²) in [6.45, 7) is 5.20. The number of amides is 1. The second kappa shape index (κ2) is 11.3. The van der Waals surface area contributed by atoms with Crippen molar-refractivity contribution in [3.8, 4) is 10.4 Å². The summed E-state index contributed by atoms with van der Waals surface area (Å²) in [7, 11) is 0. The number of nitrogens with one attached hydrogen (secondary N) is 1. The number of nitrogens with zero attached hydrogens (tertiary/aromatic N) is 1. The van der Waals surface area contributed by atoms with E-state index in [0.717, 1.165) is 61.0 Å². The zero-order chi connectivity index (χ0) is 27.6. The van der Waals surface area contributed by atoms with E-state index < -0.39 is 23.7 Å². The molecule has 0 saturated heterocycles. The molecule has 202 valence electrons. The van der Waals surface area contributed by atoms with Gasteiger partial charge in [-0.2, -0.15) is 11.8 Å². The number of fused-ring (bicyclic) bond motifs is 3. The Bertz CT molecular complexity index is 1630. The minimum atomic E-state index is -1.09. The summed E-state index contributed by atoms with van der Waals surface area (Å²) in [6.07, 6.45) is 5.29. The van der Waals surface area contributed by atoms with Crippen molar-refractivity contribution < 1.29 is 23.8 Å². The molecule has 0 saturated carbocycles. The number of carbonyl (C=O) groups is 2. The van der Waals surface area contributed by atoms with Gasteiger partial charge in [0.1, 0.15) is 27.6 Å². The summed E-state index contributed by atoms with van der Waals surface area (Å²) < 4.78 is 11.4. The number of furan rings is 1. The lowest BCUT2D eigenvalue weighted by molar-refractivity contribution is -0.138. The lowest BCUT2D eigenvalue weighted by Gasteiger charge is -2.21. The molecule has 0 fully saturated rings. The fourth-order valence-corrected chi connectivity index (χ4v) is 6.40. The predicted octanol–water partition coefficient (Wildman–Crippen LogP) is 5.54. The molecule has 2 N–H and O–H groups in total. The van der Waals surface area contributed by atoms with Gasteiger partial charge < -0.3 is 19.6 Å². The van der Waals surface area contributed by atoms with Gasteiger partial charge in [0.2, 0.25) is 0 Å². The van der Waals surface area contributed by atoms with Crippen LogP contribution in [0.25, 0.3) is 33.1 Å².